The van der Waals surface area contributed by atoms with E-state index in [0.717, 1.165) is 19.3 Å². The van der Waals surface area contributed by atoms with Crippen LogP contribution in [0.3, 0.4) is 0 Å². The minimum absolute atomic E-state index is 0.125. The summed E-state index contributed by atoms with van der Waals surface area (Å²) in [5, 5.41) is 19.0. The van der Waals surface area contributed by atoms with Gasteiger partial charge in [0.2, 0.25) is 0 Å². The number of hydrogen-bond donors (Lipinski definition) is 1. The topological polar surface area (TPSA) is 47.3 Å². The summed E-state index contributed by atoms with van der Waals surface area (Å²) in [6.07, 6.45) is 2.60. The highest BCUT2D eigenvalue weighted by molar-refractivity contribution is 5.19. The lowest BCUT2D eigenvalue weighted by Crippen LogP contribution is -2.42. The summed E-state index contributed by atoms with van der Waals surface area (Å²) in [5.41, 5.74) is 1.20. The lowest BCUT2D eigenvalue weighted by Gasteiger charge is -2.34. The van der Waals surface area contributed by atoms with Gasteiger partial charge >= 0.3 is 0 Å². The van der Waals surface area contributed by atoms with Gasteiger partial charge in [0.25, 0.3) is 0 Å². The molecule has 1 aliphatic rings. The van der Waals surface area contributed by atoms with Gasteiger partial charge in [-0.2, -0.15) is 5.26 Å². The van der Waals surface area contributed by atoms with E-state index in [4.69, 9.17) is 5.26 Å². The number of nitrogens with zero attached hydrogens (tertiary/aromatic N) is 2. The zero-order valence-electron chi connectivity index (χ0n) is 10.8. The standard InChI is InChI=1S/C15H20N2O/c1-12(13-6-3-2-4-7-13)17(11-10-16)14-8-5-9-15(14)18/h2-4,6-7,12,14-15,18H,5,8-9,11H2,1H3/t12-,14?,15+/m0/s1. The molecule has 0 bridgehead atoms. The summed E-state index contributed by atoms with van der Waals surface area (Å²) in [5.74, 6) is 0. The van der Waals surface area contributed by atoms with Crippen LogP contribution in [0.2, 0.25) is 0 Å². The summed E-state index contributed by atoms with van der Waals surface area (Å²) in [7, 11) is 0. The zero-order valence-corrected chi connectivity index (χ0v) is 10.8. The van der Waals surface area contributed by atoms with Crippen molar-refractivity contribution in [3.8, 4) is 6.07 Å². The van der Waals surface area contributed by atoms with Crippen LogP contribution in [0, 0.1) is 11.3 Å². The van der Waals surface area contributed by atoms with Crippen molar-refractivity contribution in [2.24, 2.45) is 0 Å². The molecule has 0 aliphatic heterocycles. The van der Waals surface area contributed by atoms with Crippen LogP contribution < -0.4 is 0 Å². The number of benzene rings is 1. The van der Waals surface area contributed by atoms with Crippen LogP contribution in [0.1, 0.15) is 37.8 Å². The number of rotatable bonds is 4. The predicted molar refractivity (Wildman–Crippen MR) is 70.8 cm³/mol. The van der Waals surface area contributed by atoms with Gasteiger partial charge in [0, 0.05) is 12.1 Å². The molecule has 1 aromatic carbocycles. The molecule has 96 valence electrons. The van der Waals surface area contributed by atoms with E-state index < -0.39 is 0 Å². The lowest BCUT2D eigenvalue weighted by atomic mass is 10.0. The van der Waals surface area contributed by atoms with Gasteiger partial charge in [-0.1, -0.05) is 30.3 Å². The molecule has 1 aromatic rings. The van der Waals surface area contributed by atoms with E-state index in [1.54, 1.807) is 0 Å². The third kappa shape index (κ3) is 2.72. The van der Waals surface area contributed by atoms with Crippen LogP contribution in [0.4, 0.5) is 0 Å². The minimum Gasteiger partial charge on any atom is -0.391 e. The van der Waals surface area contributed by atoms with Gasteiger partial charge in [0.15, 0.2) is 0 Å². The van der Waals surface area contributed by atoms with E-state index in [9.17, 15) is 5.11 Å². The molecule has 0 amide bonds. The molecule has 3 heteroatoms. The van der Waals surface area contributed by atoms with E-state index in [2.05, 4.69) is 30.0 Å². The van der Waals surface area contributed by atoms with Crippen LogP contribution in [-0.4, -0.2) is 28.7 Å². The Morgan fingerprint density at radius 1 is 1.39 bits per heavy atom. The first-order chi connectivity index (χ1) is 8.74. The third-order valence-electron chi connectivity index (χ3n) is 3.90. The van der Waals surface area contributed by atoms with Gasteiger partial charge in [-0.25, -0.2) is 0 Å². The Bertz CT molecular complexity index is 412. The maximum absolute atomic E-state index is 10.0. The van der Waals surface area contributed by atoms with E-state index in [-0.39, 0.29) is 18.2 Å². The van der Waals surface area contributed by atoms with E-state index >= 15 is 0 Å². The molecule has 0 saturated heterocycles. The van der Waals surface area contributed by atoms with Crippen molar-refractivity contribution in [3.63, 3.8) is 0 Å². The van der Waals surface area contributed by atoms with E-state index in [1.165, 1.54) is 5.56 Å². The maximum Gasteiger partial charge on any atom is 0.0874 e. The summed E-state index contributed by atoms with van der Waals surface area (Å²) in [4.78, 5) is 2.13. The second-order valence-electron chi connectivity index (χ2n) is 4.98. The molecule has 1 saturated carbocycles. The van der Waals surface area contributed by atoms with Crippen LogP contribution in [0.15, 0.2) is 30.3 Å². The van der Waals surface area contributed by atoms with E-state index in [0.29, 0.717) is 6.54 Å². The Labute approximate surface area is 109 Å². The smallest absolute Gasteiger partial charge is 0.0874 e. The molecule has 0 aromatic heterocycles. The summed E-state index contributed by atoms with van der Waals surface area (Å²) in [6.45, 7) is 2.48. The second kappa shape index (κ2) is 5.99. The highest BCUT2D eigenvalue weighted by atomic mass is 16.3. The first kappa shape index (κ1) is 13.1. The minimum atomic E-state index is -0.287. The number of aliphatic hydroxyl groups is 1. The lowest BCUT2D eigenvalue weighted by molar-refractivity contribution is 0.0562. The molecular weight excluding hydrogens is 224 g/mol. The van der Waals surface area contributed by atoms with Gasteiger partial charge in [-0.3, -0.25) is 4.90 Å². The van der Waals surface area contributed by atoms with Crippen molar-refractivity contribution in [2.45, 2.75) is 44.4 Å². The first-order valence-corrected chi connectivity index (χ1v) is 6.59. The van der Waals surface area contributed by atoms with Gasteiger partial charge in [0.1, 0.15) is 0 Å². The molecule has 1 unspecified atom stereocenters. The summed E-state index contributed by atoms with van der Waals surface area (Å²) >= 11 is 0. The highest BCUT2D eigenvalue weighted by Crippen LogP contribution is 2.30. The maximum atomic E-state index is 10.0. The average Bonchev–Trinajstić information content (AvgIpc) is 2.82. The highest BCUT2D eigenvalue weighted by Gasteiger charge is 2.33. The van der Waals surface area contributed by atoms with Gasteiger partial charge in [-0.05, 0) is 31.7 Å². The molecule has 0 radical (unpaired) electrons. The zero-order chi connectivity index (χ0) is 13.0. The summed E-state index contributed by atoms with van der Waals surface area (Å²) < 4.78 is 0. The van der Waals surface area contributed by atoms with Crippen molar-refractivity contribution in [2.75, 3.05) is 6.54 Å². The number of hydrogen-bond acceptors (Lipinski definition) is 3. The molecule has 3 atom stereocenters. The fourth-order valence-corrected chi connectivity index (χ4v) is 2.85. The van der Waals surface area contributed by atoms with Crippen LogP contribution in [-0.2, 0) is 0 Å². The Kier molecular flexibility index (Phi) is 4.35. The van der Waals surface area contributed by atoms with E-state index in [1.807, 2.05) is 18.2 Å². The van der Waals surface area contributed by atoms with Crippen LogP contribution in [0.5, 0.6) is 0 Å². The molecule has 1 N–H and O–H groups in total. The van der Waals surface area contributed by atoms with Crippen molar-refractivity contribution in [1.29, 1.82) is 5.26 Å². The Hall–Kier alpha value is -1.37. The molecule has 1 aliphatic carbocycles. The largest absolute Gasteiger partial charge is 0.391 e. The molecule has 0 heterocycles. The van der Waals surface area contributed by atoms with Crippen molar-refractivity contribution < 1.29 is 5.11 Å². The van der Waals surface area contributed by atoms with Gasteiger partial charge in [0.05, 0.1) is 18.7 Å². The Morgan fingerprint density at radius 2 is 2.11 bits per heavy atom. The fraction of sp³-hybridized carbons (Fsp3) is 0.533. The summed E-state index contributed by atoms with van der Waals surface area (Å²) in [6, 6.07) is 12.7. The average molecular weight is 244 g/mol. The first-order valence-electron chi connectivity index (χ1n) is 6.59. The SMILES string of the molecule is C[C@@H](c1ccccc1)N(CC#N)C1CCC[C@H]1O. The quantitative estimate of drug-likeness (QED) is 0.828. The number of nitriles is 1. The second-order valence-corrected chi connectivity index (χ2v) is 4.98. The molecule has 1 fully saturated rings. The molecule has 2 rings (SSSR count). The predicted octanol–water partition coefficient (Wildman–Crippen LogP) is 2.49. The molecule has 0 spiro atoms. The van der Waals surface area contributed by atoms with Crippen LogP contribution >= 0.6 is 0 Å². The van der Waals surface area contributed by atoms with Gasteiger partial charge < -0.3 is 5.11 Å². The van der Waals surface area contributed by atoms with Gasteiger partial charge in [-0.15, -0.1) is 0 Å². The van der Waals surface area contributed by atoms with Crippen LogP contribution in [0.25, 0.3) is 0 Å². The molecule has 3 nitrogen and oxygen atoms in total. The normalized spacial score (nSPS) is 25.0. The monoisotopic (exact) mass is 244 g/mol. The fourth-order valence-electron chi connectivity index (χ4n) is 2.85. The Morgan fingerprint density at radius 3 is 2.67 bits per heavy atom. The van der Waals surface area contributed by atoms with Crippen molar-refractivity contribution in [3.05, 3.63) is 35.9 Å². The van der Waals surface area contributed by atoms with Crippen molar-refractivity contribution in [1.82, 2.24) is 4.90 Å². The molecule has 18 heavy (non-hydrogen) atoms. The van der Waals surface area contributed by atoms with Crippen molar-refractivity contribution >= 4 is 0 Å². The molecular formula is C15H20N2O. The third-order valence-corrected chi connectivity index (χ3v) is 3.90. The Balaban J connectivity index is 2.17. The number of aliphatic hydroxyl groups excluding tert-OH is 1.